The molecule has 10 heteroatoms. The minimum Gasteiger partial charge on any atom is -0.394 e. The summed E-state index contributed by atoms with van der Waals surface area (Å²) in [6, 6.07) is 8.20. The minimum atomic E-state index is -1.12. The summed E-state index contributed by atoms with van der Waals surface area (Å²) in [7, 11) is 0. The van der Waals surface area contributed by atoms with Gasteiger partial charge in [0, 0.05) is 23.7 Å². The van der Waals surface area contributed by atoms with Crippen LogP contribution in [0.1, 0.15) is 17.3 Å². The molecule has 3 aromatic rings. The summed E-state index contributed by atoms with van der Waals surface area (Å²) in [4.78, 5) is 25.5. The maximum absolute atomic E-state index is 12.9. The molecule has 0 bridgehead atoms. The van der Waals surface area contributed by atoms with Crippen LogP contribution < -0.4 is 10.9 Å². The highest BCUT2D eigenvalue weighted by Gasteiger charge is 2.19. The molecule has 0 aliphatic rings. The van der Waals surface area contributed by atoms with Gasteiger partial charge in [-0.25, -0.2) is 0 Å². The molecule has 0 radical (unpaired) electrons. The predicted molar refractivity (Wildman–Crippen MR) is 107 cm³/mol. The van der Waals surface area contributed by atoms with Crippen molar-refractivity contribution in [1.82, 2.24) is 24.9 Å². The highest BCUT2D eigenvalue weighted by molar-refractivity contribution is 6.30. The number of carbonyl (C=O) groups excluding carboxylic acids is 1. The molecule has 1 atom stereocenters. The van der Waals surface area contributed by atoms with Gasteiger partial charge in [-0.2, -0.15) is 14.9 Å². The highest BCUT2D eigenvalue weighted by Crippen LogP contribution is 2.20. The molecular formula is C19H20ClN5O4. The van der Waals surface area contributed by atoms with Crippen molar-refractivity contribution in [3.8, 4) is 16.9 Å². The monoisotopic (exact) mass is 417 g/mol. The van der Waals surface area contributed by atoms with Crippen LogP contribution in [0.5, 0.6) is 0 Å². The molecule has 0 saturated heterocycles. The maximum Gasteiger partial charge on any atom is 0.284 e. The fraction of sp³-hybridized carbons (Fsp3) is 0.263. The van der Waals surface area contributed by atoms with Gasteiger partial charge in [0.05, 0.1) is 30.8 Å². The Balaban J connectivity index is 2.09. The Morgan fingerprint density at radius 3 is 2.66 bits per heavy atom. The average Bonchev–Trinajstić information content (AvgIpc) is 3.21. The molecule has 1 unspecified atom stereocenters. The van der Waals surface area contributed by atoms with E-state index >= 15 is 0 Å². The second-order valence-electron chi connectivity index (χ2n) is 6.27. The van der Waals surface area contributed by atoms with Gasteiger partial charge in [-0.3, -0.25) is 14.3 Å². The molecule has 9 nitrogen and oxygen atoms in total. The molecule has 0 fully saturated rings. The number of aliphatic hydroxyl groups excluding tert-OH is 2. The highest BCUT2D eigenvalue weighted by atomic mass is 35.5. The normalized spacial score (nSPS) is 12.0. The van der Waals surface area contributed by atoms with Gasteiger partial charge in [0.2, 0.25) is 0 Å². The number of hydrogen-bond acceptors (Lipinski definition) is 6. The Labute approximate surface area is 171 Å². The van der Waals surface area contributed by atoms with Crippen LogP contribution in [0.3, 0.4) is 0 Å². The Morgan fingerprint density at radius 1 is 1.31 bits per heavy atom. The lowest BCUT2D eigenvalue weighted by Crippen LogP contribution is -2.38. The van der Waals surface area contributed by atoms with Gasteiger partial charge >= 0.3 is 0 Å². The van der Waals surface area contributed by atoms with E-state index in [0.717, 1.165) is 4.68 Å². The van der Waals surface area contributed by atoms with Crippen LogP contribution >= 0.6 is 11.6 Å². The van der Waals surface area contributed by atoms with E-state index in [4.69, 9.17) is 16.7 Å². The third kappa shape index (κ3) is 4.70. The van der Waals surface area contributed by atoms with E-state index in [2.05, 4.69) is 15.5 Å². The average molecular weight is 418 g/mol. The van der Waals surface area contributed by atoms with Crippen LogP contribution in [0.25, 0.3) is 16.9 Å². The van der Waals surface area contributed by atoms with Crippen molar-refractivity contribution in [2.75, 3.05) is 13.2 Å². The first-order chi connectivity index (χ1) is 13.9. The Hall–Kier alpha value is -3.01. The van der Waals surface area contributed by atoms with E-state index in [1.165, 1.54) is 12.3 Å². The first kappa shape index (κ1) is 20.7. The summed E-state index contributed by atoms with van der Waals surface area (Å²) < 4.78 is 2.75. The van der Waals surface area contributed by atoms with Gasteiger partial charge in [-0.05, 0) is 25.1 Å². The first-order valence-corrected chi connectivity index (χ1v) is 9.31. The third-order valence-corrected chi connectivity index (χ3v) is 4.45. The summed E-state index contributed by atoms with van der Waals surface area (Å²) in [6.45, 7) is 1.81. The zero-order chi connectivity index (χ0) is 21.0. The van der Waals surface area contributed by atoms with E-state index in [1.807, 2.05) is 6.92 Å². The Bertz CT molecular complexity index is 1060. The summed E-state index contributed by atoms with van der Waals surface area (Å²) in [6.07, 6.45) is 2.01. The second kappa shape index (κ2) is 8.99. The molecule has 1 amide bonds. The number of aliphatic hydroxyl groups is 2. The molecule has 152 valence electrons. The van der Waals surface area contributed by atoms with E-state index in [9.17, 15) is 14.7 Å². The minimum absolute atomic E-state index is 0.153. The molecule has 3 rings (SSSR count). The first-order valence-electron chi connectivity index (χ1n) is 8.93. The quantitative estimate of drug-likeness (QED) is 0.524. The van der Waals surface area contributed by atoms with Crippen molar-refractivity contribution in [1.29, 1.82) is 0 Å². The largest absolute Gasteiger partial charge is 0.394 e. The third-order valence-electron chi connectivity index (χ3n) is 4.19. The van der Waals surface area contributed by atoms with E-state index in [0.29, 0.717) is 28.5 Å². The van der Waals surface area contributed by atoms with Gasteiger partial charge < -0.3 is 15.5 Å². The zero-order valence-electron chi connectivity index (χ0n) is 15.6. The van der Waals surface area contributed by atoms with Crippen LogP contribution in [-0.2, 0) is 6.54 Å². The smallest absolute Gasteiger partial charge is 0.284 e. The van der Waals surface area contributed by atoms with Gasteiger partial charge in [-0.1, -0.05) is 23.7 Å². The molecule has 3 N–H and O–H groups in total. The van der Waals surface area contributed by atoms with Crippen molar-refractivity contribution in [3.63, 3.8) is 0 Å². The number of aromatic nitrogens is 4. The second-order valence-corrected chi connectivity index (χ2v) is 6.70. The molecule has 0 saturated carbocycles. The molecule has 2 heterocycles. The predicted octanol–water partition coefficient (Wildman–Crippen LogP) is 0.852. The van der Waals surface area contributed by atoms with E-state index in [-0.39, 0.29) is 12.1 Å². The lowest BCUT2D eigenvalue weighted by Gasteiger charge is -2.11. The Kier molecular flexibility index (Phi) is 6.42. The Morgan fingerprint density at radius 2 is 2.03 bits per heavy atom. The lowest BCUT2D eigenvalue weighted by molar-refractivity contribution is 0.0800. The summed E-state index contributed by atoms with van der Waals surface area (Å²) in [5, 5.41) is 29.9. The molecule has 0 spiro atoms. The number of aryl methyl sites for hydroxylation is 1. The van der Waals surface area contributed by atoms with Crippen LogP contribution in [0.4, 0.5) is 0 Å². The van der Waals surface area contributed by atoms with Crippen LogP contribution in [-0.4, -0.2) is 54.9 Å². The van der Waals surface area contributed by atoms with E-state index in [1.54, 1.807) is 35.1 Å². The number of amides is 1. The van der Waals surface area contributed by atoms with Crippen molar-refractivity contribution in [3.05, 3.63) is 63.7 Å². The number of halogens is 1. The van der Waals surface area contributed by atoms with Crippen molar-refractivity contribution in [2.45, 2.75) is 19.6 Å². The molecule has 2 aromatic heterocycles. The zero-order valence-corrected chi connectivity index (χ0v) is 16.4. The van der Waals surface area contributed by atoms with Gasteiger partial charge in [0.1, 0.15) is 11.3 Å². The number of nitrogens with one attached hydrogen (secondary N) is 1. The number of carbonyl (C=O) groups is 1. The van der Waals surface area contributed by atoms with Crippen LogP contribution in [0.2, 0.25) is 5.02 Å². The number of hydrogen-bond donors (Lipinski definition) is 3. The van der Waals surface area contributed by atoms with Crippen LogP contribution in [0, 0.1) is 0 Å². The van der Waals surface area contributed by atoms with Crippen molar-refractivity contribution < 1.29 is 15.0 Å². The van der Waals surface area contributed by atoms with Gasteiger partial charge in [0.25, 0.3) is 11.5 Å². The van der Waals surface area contributed by atoms with Crippen molar-refractivity contribution >= 4 is 17.5 Å². The molecular weight excluding hydrogens is 398 g/mol. The summed E-state index contributed by atoms with van der Waals surface area (Å²) >= 11 is 5.94. The summed E-state index contributed by atoms with van der Waals surface area (Å²) in [5.41, 5.74) is 0.680. The standard InChI is InChI=1S/C19H20ClN5O4/c1-2-24-10-14(8-22-24)25-19(29)16(18(28)21-9-15(27)11-26)7-17(23-25)12-3-5-13(20)6-4-12/h3-8,10,15,26-27H,2,9,11H2,1H3,(H,21,28). The topological polar surface area (TPSA) is 122 Å². The van der Waals surface area contributed by atoms with Crippen LogP contribution in [0.15, 0.2) is 47.5 Å². The van der Waals surface area contributed by atoms with E-state index < -0.39 is 24.2 Å². The van der Waals surface area contributed by atoms with Gasteiger partial charge in [0.15, 0.2) is 0 Å². The molecule has 0 aliphatic heterocycles. The fourth-order valence-electron chi connectivity index (χ4n) is 2.60. The van der Waals surface area contributed by atoms with Crippen molar-refractivity contribution in [2.24, 2.45) is 0 Å². The molecule has 29 heavy (non-hydrogen) atoms. The van der Waals surface area contributed by atoms with Gasteiger partial charge in [-0.15, -0.1) is 0 Å². The number of rotatable bonds is 7. The number of benzene rings is 1. The molecule has 0 aliphatic carbocycles. The summed E-state index contributed by atoms with van der Waals surface area (Å²) in [5.74, 6) is -0.684. The molecule has 1 aromatic carbocycles. The number of nitrogens with zero attached hydrogens (tertiary/aromatic N) is 4. The lowest BCUT2D eigenvalue weighted by atomic mass is 10.1. The maximum atomic E-state index is 12.9. The SMILES string of the molecule is CCn1cc(-n2nc(-c3ccc(Cl)cc3)cc(C(=O)NCC(O)CO)c2=O)cn1. The fourth-order valence-corrected chi connectivity index (χ4v) is 2.73.